The summed E-state index contributed by atoms with van der Waals surface area (Å²) in [7, 11) is 3.05. The highest BCUT2D eigenvalue weighted by Gasteiger charge is 2.09. The highest BCUT2D eigenvalue weighted by atomic mass is 16.6. The van der Waals surface area contributed by atoms with Crippen LogP contribution in [0.15, 0.2) is 59.8 Å². The van der Waals surface area contributed by atoms with Crippen molar-refractivity contribution < 1.29 is 19.2 Å². The van der Waals surface area contributed by atoms with Gasteiger partial charge in [0.1, 0.15) is 0 Å². The summed E-state index contributed by atoms with van der Waals surface area (Å²) in [6, 6.07) is 16.4. The summed E-state index contributed by atoms with van der Waals surface area (Å²) in [5.74, 6) is -0.561. The number of amides is 1. The molecule has 0 atom stereocenters. The number of likely N-dealkylation sites (N-methyl/N-ethyl adjacent to an activating group) is 1. The monoisotopic (exact) mass is 340 g/mol. The zero-order chi connectivity index (χ0) is 18.1. The lowest BCUT2D eigenvalue weighted by atomic mass is 10.1. The van der Waals surface area contributed by atoms with Crippen molar-refractivity contribution in [1.82, 2.24) is 4.90 Å². The largest absolute Gasteiger partial charge is 0.465 e. The highest BCUT2D eigenvalue weighted by molar-refractivity contribution is 5.90. The van der Waals surface area contributed by atoms with Crippen LogP contribution in [0, 0.1) is 0 Å². The van der Waals surface area contributed by atoms with E-state index in [4.69, 9.17) is 4.84 Å². The van der Waals surface area contributed by atoms with Crippen LogP contribution in [-0.2, 0) is 20.9 Å². The second-order valence-corrected chi connectivity index (χ2v) is 5.36. The molecule has 2 aromatic rings. The third-order valence-corrected chi connectivity index (χ3v) is 3.48. The van der Waals surface area contributed by atoms with Crippen molar-refractivity contribution in [2.24, 2.45) is 5.16 Å². The topological polar surface area (TPSA) is 68.2 Å². The lowest BCUT2D eigenvalue weighted by Gasteiger charge is -2.16. The molecule has 0 bridgehead atoms. The van der Waals surface area contributed by atoms with Gasteiger partial charge in [0, 0.05) is 13.6 Å². The summed E-state index contributed by atoms with van der Waals surface area (Å²) in [6.07, 6.45) is 1.48. The lowest BCUT2D eigenvalue weighted by Crippen LogP contribution is -2.29. The molecule has 2 rings (SSSR count). The van der Waals surface area contributed by atoms with Gasteiger partial charge in [-0.2, -0.15) is 0 Å². The SMILES string of the molecule is COC(=O)c1ccc(/C=N/OCC(=O)N(C)Cc2ccccc2)cc1. The van der Waals surface area contributed by atoms with Crippen LogP contribution in [-0.4, -0.2) is 43.8 Å². The van der Waals surface area contributed by atoms with E-state index in [-0.39, 0.29) is 12.5 Å². The Hall–Kier alpha value is -3.15. The molecule has 0 radical (unpaired) electrons. The van der Waals surface area contributed by atoms with Crippen molar-refractivity contribution in [1.29, 1.82) is 0 Å². The number of hydrogen-bond acceptors (Lipinski definition) is 5. The average molecular weight is 340 g/mol. The minimum absolute atomic E-state index is 0.139. The van der Waals surface area contributed by atoms with Crippen LogP contribution in [0.2, 0.25) is 0 Å². The number of methoxy groups -OCH3 is 1. The molecule has 0 fully saturated rings. The molecule has 0 spiro atoms. The Balaban J connectivity index is 1.78. The fraction of sp³-hybridized carbons (Fsp3) is 0.211. The molecule has 0 unspecified atom stereocenters. The van der Waals surface area contributed by atoms with Crippen LogP contribution >= 0.6 is 0 Å². The fourth-order valence-corrected chi connectivity index (χ4v) is 2.07. The molecule has 25 heavy (non-hydrogen) atoms. The molecule has 6 heteroatoms. The van der Waals surface area contributed by atoms with Gasteiger partial charge in [-0.1, -0.05) is 47.6 Å². The van der Waals surface area contributed by atoms with E-state index in [1.54, 1.807) is 36.2 Å². The van der Waals surface area contributed by atoms with E-state index in [1.165, 1.54) is 13.3 Å². The normalized spacial score (nSPS) is 10.5. The summed E-state index contributed by atoms with van der Waals surface area (Å²) in [6.45, 7) is 0.377. The second-order valence-electron chi connectivity index (χ2n) is 5.36. The zero-order valence-electron chi connectivity index (χ0n) is 14.2. The number of esters is 1. The predicted octanol–water partition coefficient (Wildman–Crippen LogP) is 2.48. The van der Waals surface area contributed by atoms with Crippen LogP contribution in [0.25, 0.3) is 0 Å². The number of benzene rings is 2. The smallest absolute Gasteiger partial charge is 0.337 e. The van der Waals surface area contributed by atoms with E-state index >= 15 is 0 Å². The number of hydrogen-bond donors (Lipinski definition) is 0. The fourth-order valence-electron chi connectivity index (χ4n) is 2.07. The molecule has 0 N–H and O–H groups in total. The minimum atomic E-state index is -0.396. The molecule has 0 aliphatic rings. The summed E-state index contributed by atoms with van der Waals surface area (Å²) in [4.78, 5) is 29.9. The minimum Gasteiger partial charge on any atom is -0.465 e. The Morgan fingerprint density at radius 1 is 1.08 bits per heavy atom. The molecule has 0 aliphatic heterocycles. The average Bonchev–Trinajstić information content (AvgIpc) is 2.65. The van der Waals surface area contributed by atoms with Crippen molar-refractivity contribution in [3.63, 3.8) is 0 Å². The number of rotatable bonds is 7. The van der Waals surface area contributed by atoms with Crippen molar-refractivity contribution in [2.75, 3.05) is 20.8 Å². The first-order valence-corrected chi connectivity index (χ1v) is 7.71. The second kappa shape index (κ2) is 9.22. The van der Waals surface area contributed by atoms with Crippen molar-refractivity contribution in [3.8, 4) is 0 Å². The quantitative estimate of drug-likeness (QED) is 0.441. The number of ether oxygens (including phenoxy) is 1. The van der Waals surface area contributed by atoms with E-state index in [1.807, 2.05) is 30.3 Å². The molecule has 0 saturated carbocycles. The van der Waals surface area contributed by atoms with E-state index in [2.05, 4.69) is 9.89 Å². The third kappa shape index (κ3) is 5.76. The van der Waals surface area contributed by atoms with Gasteiger partial charge in [-0.25, -0.2) is 4.79 Å². The maximum absolute atomic E-state index is 12.0. The standard InChI is InChI=1S/C19H20N2O4/c1-21(13-16-6-4-3-5-7-16)18(22)14-25-20-12-15-8-10-17(11-9-15)19(23)24-2/h3-12H,13-14H2,1-2H3/b20-12+. The van der Waals surface area contributed by atoms with Crippen molar-refractivity contribution in [2.45, 2.75) is 6.54 Å². The van der Waals surface area contributed by atoms with Gasteiger partial charge in [0.15, 0.2) is 6.61 Å². The summed E-state index contributed by atoms with van der Waals surface area (Å²) in [5.41, 5.74) is 2.25. The summed E-state index contributed by atoms with van der Waals surface area (Å²) >= 11 is 0. The maximum atomic E-state index is 12.0. The number of carbonyl (C=O) groups is 2. The third-order valence-electron chi connectivity index (χ3n) is 3.48. The van der Waals surface area contributed by atoms with E-state index in [9.17, 15) is 9.59 Å². The van der Waals surface area contributed by atoms with E-state index in [0.29, 0.717) is 12.1 Å². The lowest BCUT2D eigenvalue weighted by molar-refractivity contribution is -0.135. The van der Waals surface area contributed by atoms with Gasteiger partial charge in [-0.3, -0.25) is 4.79 Å². The van der Waals surface area contributed by atoms with Crippen LogP contribution in [0.1, 0.15) is 21.5 Å². The van der Waals surface area contributed by atoms with Crippen molar-refractivity contribution in [3.05, 3.63) is 71.3 Å². The first-order chi connectivity index (χ1) is 12.1. The zero-order valence-corrected chi connectivity index (χ0v) is 14.2. The van der Waals surface area contributed by atoms with Gasteiger partial charge >= 0.3 is 5.97 Å². The molecular formula is C19H20N2O4. The van der Waals surface area contributed by atoms with Crippen LogP contribution in [0.4, 0.5) is 0 Å². The van der Waals surface area contributed by atoms with Gasteiger partial charge < -0.3 is 14.5 Å². The Morgan fingerprint density at radius 2 is 1.76 bits per heavy atom. The Bertz CT molecular complexity index is 727. The van der Waals surface area contributed by atoms with Crippen LogP contribution in [0.5, 0.6) is 0 Å². The van der Waals surface area contributed by atoms with E-state index < -0.39 is 5.97 Å². The molecule has 6 nitrogen and oxygen atoms in total. The molecule has 2 aromatic carbocycles. The van der Waals surface area contributed by atoms with Gasteiger partial charge in [0.25, 0.3) is 5.91 Å². The number of nitrogens with zero attached hydrogens (tertiary/aromatic N) is 2. The molecule has 0 heterocycles. The number of carbonyl (C=O) groups excluding carboxylic acids is 2. The maximum Gasteiger partial charge on any atom is 0.337 e. The highest BCUT2D eigenvalue weighted by Crippen LogP contribution is 2.05. The van der Waals surface area contributed by atoms with Gasteiger partial charge in [0.2, 0.25) is 0 Å². The Kier molecular flexibility index (Phi) is 6.71. The van der Waals surface area contributed by atoms with Gasteiger partial charge in [-0.05, 0) is 23.3 Å². The summed E-state index contributed by atoms with van der Waals surface area (Å²) in [5, 5.41) is 3.78. The van der Waals surface area contributed by atoms with Gasteiger partial charge in [0.05, 0.1) is 18.9 Å². The number of oxime groups is 1. The van der Waals surface area contributed by atoms with Gasteiger partial charge in [-0.15, -0.1) is 0 Å². The van der Waals surface area contributed by atoms with Crippen LogP contribution in [0.3, 0.4) is 0 Å². The predicted molar refractivity (Wildman–Crippen MR) is 94.2 cm³/mol. The first kappa shape index (κ1) is 18.2. The molecule has 0 saturated heterocycles. The molecule has 0 aromatic heterocycles. The Morgan fingerprint density at radius 3 is 2.40 bits per heavy atom. The molecule has 1 amide bonds. The van der Waals surface area contributed by atoms with E-state index in [0.717, 1.165) is 11.1 Å². The Labute approximate surface area is 146 Å². The molecule has 130 valence electrons. The first-order valence-electron chi connectivity index (χ1n) is 7.71. The summed E-state index contributed by atoms with van der Waals surface area (Å²) < 4.78 is 4.63. The molecular weight excluding hydrogens is 320 g/mol. The molecule has 0 aliphatic carbocycles. The van der Waals surface area contributed by atoms with Crippen molar-refractivity contribution >= 4 is 18.1 Å². The van der Waals surface area contributed by atoms with Crippen LogP contribution < -0.4 is 0 Å².